The van der Waals surface area contributed by atoms with Crippen molar-refractivity contribution in [3.05, 3.63) is 72.1 Å². The number of amides is 2. The zero-order valence-electron chi connectivity index (χ0n) is 21.4. The molecule has 38 heavy (non-hydrogen) atoms. The minimum atomic E-state index is -0.542. The zero-order chi connectivity index (χ0) is 27.6. The average Bonchev–Trinajstić information content (AvgIpc) is 3.47. The molecular weight excluding hydrogens is 613 g/mol. The molecule has 4 rings (SSSR count). The number of nitrogens with zero attached hydrogens (tertiary/aromatic N) is 2. The third-order valence-corrected chi connectivity index (χ3v) is 8.35. The summed E-state index contributed by atoms with van der Waals surface area (Å²) in [5, 5.41) is 4.67. The van der Waals surface area contributed by atoms with Gasteiger partial charge in [-0.25, -0.2) is 9.78 Å². The predicted molar refractivity (Wildman–Crippen MR) is 154 cm³/mol. The van der Waals surface area contributed by atoms with Crippen LogP contribution in [0, 0.1) is 6.92 Å². The van der Waals surface area contributed by atoms with Gasteiger partial charge in [-0.3, -0.25) is 4.79 Å². The molecule has 2 amide bonds. The normalized spacial score (nSPS) is 15.4. The molecule has 1 unspecified atom stereocenters. The highest BCUT2D eigenvalue weighted by Crippen LogP contribution is 2.34. The van der Waals surface area contributed by atoms with Crippen molar-refractivity contribution in [1.29, 1.82) is 0 Å². The number of likely N-dealkylation sites (tertiary alicyclic amines) is 1. The maximum Gasteiger partial charge on any atom is 0.410 e. The summed E-state index contributed by atoms with van der Waals surface area (Å²) in [6.45, 7) is 8.76. The summed E-state index contributed by atoms with van der Waals surface area (Å²) in [5.41, 5.74) is 0.917. The quantitative estimate of drug-likeness (QED) is 0.296. The van der Waals surface area contributed by atoms with Crippen molar-refractivity contribution in [3.8, 4) is 11.5 Å². The van der Waals surface area contributed by atoms with E-state index in [1.54, 1.807) is 23.1 Å². The maximum atomic E-state index is 13.1. The standard InChI is InChI=1S/C27H28BrCl2N3O4S/c1-15-23(38-25(32-15)17-9-10-33(14-17)26(35)37-27(2,3)4)24(34)31-13-16-5-6-18(28)11-22(16)36-19-7-8-20(29)21(30)12-19/h5-8,11-12,17H,9-10,13-14H2,1-4H3,(H,31,34). The number of benzene rings is 2. The minimum Gasteiger partial charge on any atom is -0.457 e. The molecule has 1 atom stereocenters. The second-order valence-electron chi connectivity index (χ2n) is 9.99. The van der Waals surface area contributed by atoms with E-state index < -0.39 is 5.60 Å². The Balaban J connectivity index is 1.41. The lowest BCUT2D eigenvalue weighted by Gasteiger charge is -2.24. The van der Waals surface area contributed by atoms with Crippen molar-refractivity contribution in [2.24, 2.45) is 0 Å². The van der Waals surface area contributed by atoms with Gasteiger partial charge < -0.3 is 19.7 Å². The molecule has 2 aromatic carbocycles. The van der Waals surface area contributed by atoms with Crippen LogP contribution in [0.1, 0.15) is 59.0 Å². The van der Waals surface area contributed by atoms with Crippen molar-refractivity contribution in [1.82, 2.24) is 15.2 Å². The highest BCUT2D eigenvalue weighted by atomic mass is 79.9. The molecular formula is C27H28BrCl2N3O4S. The molecule has 1 aromatic heterocycles. The van der Waals surface area contributed by atoms with E-state index in [0.717, 1.165) is 21.5 Å². The van der Waals surface area contributed by atoms with Gasteiger partial charge in [-0.15, -0.1) is 11.3 Å². The van der Waals surface area contributed by atoms with E-state index in [-0.39, 0.29) is 24.5 Å². The Labute approximate surface area is 244 Å². The number of rotatable bonds is 6. The Kier molecular flexibility index (Phi) is 8.92. The number of carbonyl (C=O) groups is 2. The fourth-order valence-electron chi connectivity index (χ4n) is 3.95. The van der Waals surface area contributed by atoms with Crippen LogP contribution in [0.3, 0.4) is 0 Å². The van der Waals surface area contributed by atoms with E-state index in [1.807, 2.05) is 45.9 Å². The molecule has 11 heteroatoms. The van der Waals surface area contributed by atoms with Crippen LogP contribution >= 0.6 is 50.5 Å². The van der Waals surface area contributed by atoms with Crippen LogP contribution in [-0.2, 0) is 11.3 Å². The van der Waals surface area contributed by atoms with Gasteiger partial charge in [0.05, 0.1) is 20.7 Å². The van der Waals surface area contributed by atoms with Gasteiger partial charge in [0.15, 0.2) is 0 Å². The Morgan fingerprint density at radius 3 is 2.66 bits per heavy atom. The lowest BCUT2D eigenvalue weighted by Crippen LogP contribution is -2.35. The summed E-state index contributed by atoms with van der Waals surface area (Å²) >= 11 is 17.0. The fourth-order valence-corrected chi connectivity index (χ4v) is 5.69. The summed E-state index contributed by atoms with van der Waals surface area (Å²) < 4.78 is 12.4. The number of ether oxygens (including phenoxy) is 2. The first-order valence-electron chi connectivity index (χ1n) is 12.0. The Bertz CT molecular complexity index is 1360. The summed E-state index contributed by atoms with van der Waals surface area (Å²) in [4.78, 5) is 32.5. The SMILES string of the molecule is Cc1nc(C2CCN(C(=O)OC(C)(C)C)C2)sc1C(=O)NCc1ccc(Br)cc1Oc1ccc(Cl)c(Cl)c1. The molecule has 1 fully saturated rings. The molecule has 1 aliphatic heterocycles. The highest BCUT2D eigenvalue weighted by Gasteiger charge is 2.33. The molecule has 7 nitrogen and oxygen atoms in total. The minimum absolute atomic E-state index is 0.0745. The van der Waals surface area contributed by atoms with E-state index in [9.17, 15) is 9.59 Å². The number of aryl methyl sites for hydroxylation is 1. The van der Waals surface area contributed by atoms with Crippen molar-refractivity contribution in [2.75, 3.05) is 13.1 Å². The van der Waals surface area contributed by atoms with Crippen LogP contribution in [0.2, 0.25) is 10.0 Å². The van der Waals surface area contributed by atoms with Gasteiger partial charge in [-0.05, 0) is 58.4 Å². The Hall–Kier alpha value is -2.33. The van der Waals surface area contributed by atoms with Crippen molar-refractivity contribution in [2.45, 2.75) is 52.2 Å². The van der Waals surface area contributed by atoms with Gasteiger partial charge in [-0.1, -0.05) is 45.2 Å². The maximum absolute atomic E-state index is 13.1. The number of halogens is 3. The number of carbonyl (C=O) groups excluding carboxylic acids is 2. The van der Waals surface area contributed by atoms with Gasteiger partial charge in [0, 0.05) is 41.7 Å². The van der Waals surface area contributed by atoms with Gasteiger partial charge in [0.2, 0.25) is 0 Å². The molecule has 202 valence electrons. The van der Waals surface area contributed by atoms with Crippen molar-refractivity contribution >= 4 is 62.5 Å². The van der Waals surface area contributed by atoms with E-state index >= 15 is 0 Å². The number of hydrogen-bond acceptors (Lipinski definition) is 6. The van der Waals surface area contributed by atoms with E-state index in [0.29, 0.717) is 45.2 Å². The monoisotopic (exact) mass is 639 g/mol. The van der Waals surface area contributed by atoms with Gasteiger partial charge in [-0.2, -0.15) is 0 Å². The molecule has 1 saturated heterocycles. The number of hydrogen-bond donors (Lipinski definition) is 1. The largest absolute Gasteiger partial charge is 0.457 e. The number of thiazole rings is 1. The van der Waals surface area contributed by atoms with Crippen LogP contribution in [0.25, 0.3) is 0 Å². The van der Waals surface area contributed by atoms with Crippen LogP contribution in [-0.4, -0.2) is 40.6 Å². The van der Waals surface area contributed by atoms with Crippen LogP contribution in [0.15, 0.2) is 40.9 Å². The van der Waals surface area contributed by atoms with Crippen molar-refractivity contribution < 1.29 is 19.1 Å². The third-order valence-electron chi connectivity index (χ3n) is 5.80. The van der Waals surface area contributed by atoms with E-state index in [4.69, 9.17) is 32.7 Å². The topological polar surface area (TPSA) is 80.8 Å². The molecule has 2 heterocycles. The Morgan fingerprint density at radius 2 is 1.95 bits per heavy atom. The second kappa shape index (κ2) is 11.8. The highest BCUT2D eigenvalue weighted by molar-refractivity contribution is 9.10. The van der Waals surface area contributed by atoms with Crippen LogP contribution < -0.4 is 10.1 Å². The van der Waals surface area contributed by atoms with Crippen LogP contribution in [0.4, 0.5) is 4.79 Å². The average molecular weight is 641 g/mol. The van der Waals surface area contributed by atoms with Gasteiger partial charge >= 0.3 is 6.09 Å². The number of aromatic nitrogens is 1. The summed E-state index contributed by atoms with van der Waals surface area (Å²) in [5.74, 6) is 0.972. The molecule has 1 N–H and O–H groups in total. The molecule has 3 aromatic rings. The zero-order valence-corrected chi connectivity index (χ0v) is 25.4. The smallest absolute Gasteiger partial charge is 0.410 e. The second-order valence-corrected chi connectivity index (χ2v) is 12.8. The number of nitrogens with one attached hydrogen (secondary N) is 1. The first-order valence-corrected chi connectivity index (χ1v) is 14.4. The van der Waals surface area contributed by atoms with E-state index in [2.05, 4.69) is 26.2 Å². The summed E-state index contributed by atoms with van der Waals surface area (Å²) in [6, 6.07) is 10.6. The fraction of sp³-hybridized carbons (Fsp3) is 0.370. The molecule has 0 saturated carbocycles. The van der Waals surface area contributed by atoms with Gasteiger partial charge in [0.25, 0.3) is 5.91 Å². The molecule has 0 radical (unpaired) electrons. The van der Waals surface area contributed by atoms with Gasteiger partial charge in [0.1, 0.15) is 22.0 Å². The molecule has 0 aliphatic carbocycles. The van der Waals surface area contributed by atoms with E-state index in [1.165, 1.54) is 11.3 Å². The summed E-state index contributed by atoms with van der Waals surface area (Å²) in [6.07, 6.45) is 0.460. The lowest BCUT2D eigenvalue weighted by atomic mass is 10.1. The summed E-state index contributed by atoms with van der Waals surface area (Å²) in [7, 11) is 0. The first-order chi connectivity index (χ1) is 17.9. The molecule has 0 bridgehead atoms. The molecule has 0 spiro atoms. The lowest BCUT2D eigenvalue weighted by molar-refractivity contribution is 0.0292. The van der Waals surface area contributed by atoms with Crippen LogP contribution in [0.5, 0.6) is 11.5 Å². The van der Waals surface area contributed by atoms with Crippen molar-refractivity contribution in [3.63, 3.8) is 0 Å². The third kappa shape index (κ3) is 7.20. The Morgan fingerprint density at radius 1 is 1.18 bits per heavy atom. The first kappa shape index (κ1) is 28.7. The predicted octanol–water partition coefficient (Wildman–Crippen LogP) is 7.97. The molecule has 1 aliphatic rings.